The van der Waals surface area contributed by atoms with E-state index in [9.17, 15) is 4.79 Å². The Morgan fingerprint density at radius 1 is 1.41 bits per heavy atom. The van der Waals surface area contributed by atoms with Crippen molar-refractivity contribution in [2.75, 3.05) is 13.2 Å². The van der Waals surface area contributed by atoms with Crippen LogP contribution in [0.1, 0.15) is 47.5 Å². The zero-order chi connectivity index (χ0) is 13.5. The molecule has 0 fully saturated rings. The van der Waals surface area contributed by atoms with E-state index in [1.807, 2.05) is 13.8 Å². The number of hydrogen-bond donors (Lipinski definition) is 2. The third kappa shape index (κ3) is 10.3. The Hall–Kier alpha value is -0.610. The summed E-state index contributed by atoms with van der Waals surface area (Å²) < 4.78 is 5.24. The molecule has 4 heteroatoms. The van der Waals surface area contributed by atoms with Gasteiger partial charge in [0.1, 0.15) is 0 Å². The van der Waals surface area contributed by atoms with E-state index in [1.54, 1.807) is 0 Å². The quantitative estimate of drug-likeness (QED) is 0.716. The van der Waals surface area contributed by atoms with Crippen molar-refractivity contribution in [2.24, 2.45) is 11.1 Å². The van der Waals surface area contributed by atoms with Gasteiger partial charge in [0.2, 0.25) is 5.91 Å². The molecule has 4 nitrogen and oxygen atoms in total. The lowest BCUT2D eigenvalue weighted by Gasteiger charge is -2.23. The predicted molar refractivity (Wildman–Crippen MR) is 70.8 cm³/mol. The third-order valence-electron chi connectivity index (χ3n) is 2.30. The van der Waals surface area contributed by atoms with Gasteiger partial charge in [0.05, 0.1) is 6.61 Å². The number of hydrogen-bond acceptors (Lipinski definition) is 3. The number of carbonyl (C=O) groups is 1. The van der Waals surface area contributed by atoms with E-state index in [0.717, 1.165) is 6.42 Å². The first kappa shape index (κ1) is 16.4. The van der Waals surface area contributed by atoms with Gasteiger partial charge in [0.25, 0.3) is 0 Å². The third-order valence-corrected chi connectivity index (χ3v) is 2.30. The molecule has 0 aromatic rings. The topological polar surface area (TPSA) is 64.3 Å². The fourth-order valence-corrected chi connectivity index (χ4v) is 1.77. The van der Waals surface area contributed by atoms with Crippen LogP contribution in [0.2, 0.25) is 0 Å². The molecule has 0 saturated heterocycles. The summed E-state index contributed by atoms with van der Waals surface area (Å²) in [6, 6.07) is -0.0291. The standard InChI is InChI=1S/C13H28N2O2/c1-6-17-9-10(2)15-12(16)7-11(14)8-13(3,4)5/h10-11H,6-9,14H2,1-5H3,(H,15,16). The van der Waals surface area contributed by atoms with Crippen molar-refractivity contribution in [1.29, 1.82) is 0 Å². The fourth-order valence-electron chi connectivity index (χ4n) is 1.77. The first-order valence-electron chi connectivity index (χ1n) is 6.37. The molecule has 0 saturated carbocycles. The number of nitrogens with one attached hydrogen (secondary N) is 1. The molecule has 1 amide bonds. The highest BCUT2D eigenvalue weighted by molar-refractivity contribution is 5.76. The highest BCUT2D eigenvalue weighted by atomic mass is 16.5. The molecule has 0 aliphatic rings. The summed E-state index contributed by atoms with van der Waals surface area (Å²) in [5.41, 5.74) is 6.11. The van der Waals surface area contributed by atoms with Crippen molar-refractivity contribution in [2.45, 2.75) is 59.5 Å². The van der Waals surface area contributed by atoms with Gasteiger partial charge in [-0.05, 0) is 25.7 Å². The van der Waals surface area contributed by atoms with Gasteiger partial charge < -0.3 is 15.8 Å². The molecule has 2 atom stereocenters. The lowest BCUT2D eigenvalue weighted by molar-refractivity contribution is -0.122. The van der Waals surface area contributed by atoms with Crippen molar-refractivity contribution in [3.8, 4) is 0 Å². The molecular weight excluding hydrogens is 216 g/mol. The number of carbonyl (C=O) groups excluding carboxylic acids is 1. The van der Waals surface area contributed by atoms with Gasteiger partial charge in [-0.25, -0.2) is 0 Å². The van der Waals surface area contributed by atoms with Crippen LogP contribution < -0.4 is 11.1 Å². The lowest BCUT2D eigenvalue weighted by atomic mass is 9.87. The van der Waals surface area contributed by atoms with Crippen LogP contribution in [0.3, 0.4) is 0 Å². The molecule has 0 spiro atoms. The second kappa shape index (κ2) is 7.67. The SMILES string of the molecule is CCOCC(C)NC(=O)CC(N)CC(C)(C)C. The molecule has 3 N–H and O–H groups in total. The van der Waals surface area contributed by atoms with Gasteiger partial charge in [0, 0.05) is 25.1 Å². The van der Waals surface area contributed by atoms with Gasteiger partial charge in [0.15, 0.2) is 0 Å². The summed E-state index contributed by atoms with van der Waals surface area (Å²) in [6.07, 6.45) is 1.23. The monoisotopic (exact) mass is 244 g/mol. The fraction of sp³-hybridized carbons (Fsp3) is 0.923. The highest BCUT2D eigenvalue weighted by Gasteiger charge is 2.18. The second-order valence-electron chi connectivity index (χ2n) is 5.86. The van der Waals surface area contributed by atoms with Gasteiger partial charge in [-0.1, -0.05) is 20.8 Å². The van der Waals surface area contributed by atoms with E-state index >= 15 is 0 Å². The number of rotatable bonds is 7. The van der Waals surface area contributed by atoms with Crippen LogP contribution in [0.25, 0.3) is 0 Å². The summed E-state index contributed by atoms with van der Waals surface area (Å²) >= 11 is 0. The summed E-state index contributed by atoms with van der Waals surface area (Å²) in [7, 11) is 0. The van der Waals surface area contributed by atoms with Crippen LogP contribution in [0.5, 0.6) is 0 Å². The Labute approximate surface area is 105 Å². The van der Waals surface area contributed by atoms with Gasteiger partial charge >= 0.3 is 0 Å². The molecule has 2 unspecified atom stereocenters. The molecule has 17 heavy (non-hydrogen) atoms. The molecule has 0 rings (SSSR count). The summed E-state index contributed by atoms with van der Waals surface area (Å²) in [5.74, 6) is 0.00829. The Balaban J connectivity index is 3.85. The maximum atomic E-state index is 11.7. The molecule has 0 aliphatic carbocycles. The molecule has 0 bridgehead atoms. The van der Waals surface area contributed by atoms with E-state index in [-0.39, 0.29) is 23.4 Å². The summed E-state index contributed by atoms with van der Waals surface area (Å²) in [4.78, 5) is 11.7. The molecule has 102 valence electrons. The van der Waals surface area contributed by atoms with Crippen molar-refractivity contribution in [1.82, 2.24) is 5.32 Å². The van der Waals surface area contributed by atoms with Crippen LogP contribution in [0.15, 0.2) is 0 Å². The normalized spacial score (nSPS) is 15.4. The van der Waals surface area contributed by atoms with Crippen LogP contribution >= 0.6 is 0 Å². The van der Waals surface area contributed by atoms with Crippen molar-refractivity contribution in [3.63, 3.8) is 0 Å². The molecule has 0 heterocycles. The minimum atomic E-state index is -0.0747. The van der Waals surface area contributed by atoms with Crippen LogP contribution in [-0.2, 0) is 9.53 Å². The van der Waals surface area contributed by atoms with E-state index in [4.69, 9.17) is 10.5 Å². The van der Waals surface area contributed by atoms with E-state index in [1.165, 1.54) is 0 Å². The first-order valence-corrected chi connectivity index (χ1v) is 6.37. The number of ether oxygens (including phenoxy) is 1. The van der Waals surface area contributed by atoms with Crippen molar-refractivity contribution >= 4 is 5.91 Å². The smallest absolute Gasteiger partial charge is 0.221 e. The van der Waals surface area contributed by atoms with Crippen LogP contribution in [0, 0.1) is 5.41 Å². The van der Waals surface area contributed by atoms with E-state index in [2.05, 4.69) is 26.1 Å². The average molecular weight is 244 g/mol. The number of amides is 1. The molecule has 0 aromatic carbocycles. The molecule has 0 radical (unpaired) electrons. The average Bonchev–Trinajstić information content (AvgIpc) is 2.10. The number of nitrogens with two attached hydrogens (primary N) is 1. The maximum absolute atomic E-state index is 11.7. The zero-order valence-corrected chi connectivity index (χ0v) is 11.9. The van der Waals surface area contributed by atoms with E-state index in [0.29, 0.717) is 19.6 Å². The maximum Gasteiger partial charge on any atom is 0.221 e. The Morgan fingerprint density at radius 2 is 2.00 bits per heavy atom. The Bertz CT molecular complexity index is 224. The minimum absolute atomic E-state index is 0.00829. The molecule has 0 aliphatic heterocycles. The van der Waals surface area contributed by atoms with Crippen LogP contribution in [-0.4, -0.2) is 31.2 Å². The van der Waals surface area contributed by atoms with E-state index < -0.39 is 0 Å². The van der Waals surface area contributed by atoms with Gasteiger partial charge in [-0.15, -0.1) is 0 Å². The molecule has 0 aromatic heterocycles. The van der Waals surface area contributed by atoms with Gasteiger partial charge in [-0.3, -0.25) is 4.79 Å². The summed E-state index contributed by atoms with van der Waals surface area (Å²) in [6.45, 7) is 11.5. The first-order chi connectivity index (χ1) is 7.74. The predicted octanol–water partition coefficient (Wildman–Crippen LogP) is 1.68. The lowest BCUT2D eigenvalue weighted by Crippen LogP contribution is -2.40. The highest BCUT2D eigenvalue weighted by Crippen LogP contribution is 2.20. The van der Waals surface area contributed by atoms with Crippen molar-refractivity contribution in [3.05, 3.63) is 0 Å². The van der Waals surface area contributed by atoms with Gasteiger partial charge in [-0.2, -0.15) is 0 Å². The molecular formula is C13H28N2O2. The largest absolute Gasteiger partial charge is 0.380 e. The van der Waals surface area contributed by atoms with Crippen molar-refractivity contribution < 1.29 is 9.53 Å². The Kier molecular flexibility index (Phi) is 7.39. The zero-order valence-electron chi connectivity index (χ0n) is 11.9. The second-order valence-corrected chi connectivity index (χ2v) is 5.86. The van der Waals surface area contributed by atoms with Crippen LogP contribution in [0.4, 0.5) is 0 Å². The Morgan fingerprint density at radius 3 is 2.47 bits per heavy atom. The summed E-state index contributed by atoms with van der Waals surface area (Å²) in [5, 5.41) is 2.89. The minimum Gasteiger partial charge on any atom is -0.380 e.